The van der Waals surface area contributed by atoms with Gasteiger partial charge in [0, 0.05) is 56.9 Å². The van der Waals surface area contributed by atoms with Gasteiger partial charge in [0.1, 0.15) is 0 Å². The lowest BCUT2D eigenvalue weighted by Crippen LogP contribution is -2.48. The Bertz CT molecular complexity index is 1030. The minimum Gasteiger partial charge on any atom is -0.306 e. The first kappa shape index (κ1) is 19.5. The van der Waals surface area contributed by atoms with Crippen LogP contribution in [0, 0.1) is 0 Å². The highest BCUT2D eigenvalue weighted by Gasteiger charge is 2.31. The molecule has 2 aromatic heterocycles. The highest BCUT2D eigenvalue weighted by atomic mass is 16.1. The van der Waals surface area contributed by atoms with E-state index in [-0.39, 0.29) is 5.69 Å². The first-order chi connectivity index (χ1) is 14.7. The van der Waals surface area contributed by atoms with Crippen LogP contribution in [0.2, 0.25) is 0 Å². The summed E-state index contributed by atoms with van der Waals surface area (Å²) in [4.78, 5) is 29.4. The summed E-state index contributed by atoms with van der Waals surface area (Å²) >= 11 is 0. The molecule has 1 N–H and O–H groups in total. The van der Waals surface area contributed by atoms with Gasteiger partial charge < -0.3 is 9.88 Å². The van der Waals surface area contributed by atoms with Gasteiger partial charge in [-0.3, -0.25) is 19.4 Å². The molecule has 0 aliphatic carbocycles. The number of hydrogen-bond donors (Lipinski definition) is 1. The average Bonchev–Trinajstić information content (AvgIpc) is 3.15. The molecule has 4 heterocycles. The molecule has 2 saturated heterocycles. The third-order valence-corrected chi connectivity index (χ3v) is 7.06. The Morgan fingerprint density at radius 2 is 1.73 bits per heavy atom. The summed E-state index contributed by atoms with van der Waals surface area (Å²) < 4.78 is 1.98. The molecule has 7 nitrogen and oxygen atoms in total. The van der Waals surface area contributed by atoms with Crippen molar-refractivity contribution in [2.75, 3.05) is 26.2 Å². The molecule has 0 saturated carbocycles. The van der Waals surface area contributed by atoms with Crippen LogP contribution in [0.15, 0.2) is 47.7 Å². The van der Waals surface area contributed by atoms with Crippen LogP contribution in [-0.4, -0.2) is 61.5 Å². The monoisotopic (exact) mass is 406 g/mol. The molecule has 7 heteroatoms. The molecular formula is C23H30N6O. The maximum Gasteiger partial charge on any atom is 0.326 e. The van der Waals surface area contributed by atoms with Crippen molar-refractivity contribution in [3.8, 4) is 0 Å². The molecule has 1 aromatic carbocycles. The van der Waals surface area contributed by atoms with E-state index in [0.29, 0.717) is 18.1 Å². The molecule has 0 bridgehead atoms. The van der Waals surface area contributed by atoms with Crippen LogP contribution in [0.1, 0.15) is 50.4 Å². The second kappa shape index (κ2) is 8.32. The fourth-order valence-electron chi connectivity index (χ4n) is 5.30. The van der Waals surface area contributed by atoms with Crippen LogP contribution in [-0.2, 0) is 0 Å². The summed E-state index contributed by atoms with van der Waals surface area (Å²) in [7, 11) is 0. The summed E-state index contributed by atoms with van der Waals surface area (Å²) in [5, 5.41) is 0. The highest BCUT2D eigenvalue weighted by molar-refractivity contribution is 5.75. The van der Waals surface area contributed by atoms with Crippen LogP contribution in [0.4, 0.5) is 0 Å². The van der Waals surface area contributed by atoms with Crippen molar-refractivity contribution in [2.24, 2.45) is 0 Å². The fourth-order valence-corrected chi connectivity index (χ4v) is 5.30. The summed E-state index contributed by atoms with van der Waals surface area (Å²) in [6, 6.07) is 9.28. The fraction of sp³-hybridized carbons (Fsp3) is 0.522. The Balaban J connectivity index is 1.18. The van der Waals surface area contributed by atoms with Gasteiger partial charge >= 0.3 is 5.69 Å². The molecule has 2 fully saturated rings. The Labute approximate surface area is 176 Å². The quantitative estimate of drug-likeness (QED) is 0.721. The van der Waals surface area contributed by atoms with E-state index in [1.165, 1.54) is 12.8 Å². The van der Waals surface area contributed by atoms with E-state index in [1.54, 1.807) is 12.4 Å². The molecule has 30 heavy (non-hydrogen) atoms. The number of rotatable bonds is 4. The van der Waals surface area contributed by atoms with E-state index in [2.05, 4.69) is 31.7 Å². The normalized spacial score (nSPS) is 21.2. The second-order valence-corrected chi connectivity index (χ2v) is 8.66. The second-order valence-electron chi connectivity index (χ2n) is 8.66. The summed E-state index contributed by atoms with van der Waals surface area (Å²) in [5.41, 5.74) is 3.06. The van der Waals surface area contributed by atoms with E-state index in [4.69, 9.17) is 0 Å². The van der Waals surface area contributed by atoms with E-state index in [1.807, 2.05) is 35.0 Å². The molecule has 0 radical (unpaired) electrons. The van der Waals surface area contributed by atoms with E-state index in [9.17, 15) is 4.79 Å². The number of aromatic amines is 1. The van der Waals surface area contributed by atoms with Crippen molar-refractivity contribution in [3.63, 3.8) is 0 Å². The number of para-hydroxylation sites is 2. The van der Waals surface area contributed by atoms with Gasteiger partial charge in [-0.25, -0.2) is 4.79 Å². The van der Waals surface area contributed by atoms with Gasteiger partial charge in [-0.2, -0.15) is 0 Å². The van der Waals surface area contributed by atoms with Crippen LogP contribution < -0.4 is 5.69 Å². The zero-order valence-corrected chi connectivity index (χ0v) is 17.6. The van der Waals surface area contributed by atoms with Crippen molar-refractivity contribution in [2.45, 2.75) is 50.7 Å². The molecular weight excluding hydrogens is 376 g/mol. The van der Waals surface area contributed by atoms with Crippen molar-refractivity contribution in [1.29, 1.82) is 0 Å². The molecule has 2 aliphatic heterocycles. The van der Waals surface area contributed by atoms with Gasteiger partial charge in [0.2, 0.25) is 0 Å². The van der Waals surface area contributed by atoms with Gasteiger partial charge in [0.25, 0.3) is 0 Å². The summed E-state index contributed by atoms with van der Waals surface area (Å²) in [6.07, 6.45) is 9.87. The zero-order valence-electron chi connectivity index (χ0n) is 17.6. The molecule has 1 atom stereocenters. The SMILES string of the molecule is CC(c1cnccn1)N1CCC(N2CCC(n3c(=O)[nH]c4ccccc43)CC2)CC1. The topological polar surface area (TPSA) is 70.1 Å². The number of imidazole rings is 1. The van der Waals surface area contributed by atoms with Gasteiger partial charge in [0.05, 0.1) is 22.8 Å². The zero-order chi connectivity index (χ0) is 20.5. The van der Waals surface area contributed by atoms with Crippen molar-refractivity contribution >= 4 is 11.0 Å². The molecule has 0 amide bonds. The Morgan fingerprint density at radius 1 is 1.00 bits per heavy atom. The third kappa shape index (κ3) is 3.68. The molecule has 158 valence electrons. The van der Waals surface area contributed by atoms with E-state index >= 15 is 0 Å². The largest absolute Gasteiger partial charge is 0.326 e. The van der Waals surface area contributed by atoms with Gasteiger partial charge in [-0.05, 0) is 44.7 Å². The molecule has 1 unspecified atom stereocenters. The van der Waals surface area contributed by atoms with Crippen LogP contribution in [0.25, 0.3) is 11.0 Å². The number of hydrogen-bond acceptors (Lipinski definition) is 5. The minimum atomic E-state index is 0.0287. The van der Waals surface area contributed by atoms with E-state index in [0.717, 1.165) is 55.7 Å². The maximum absolute atomic E-state index is 12.5. The maximum atomic E-state index is 12.5. The summed E-state index contributed by atoms with van der Waals surface area (Å²) in [5.74, 6) is 0. The number of piperidine rings is 2. The lowest BCUT2D eigenvalue weighted by Gasteiger charge is -2.43. The van der Waals surface area contributed by atoms with E-state index < -0.39 is 0 Å². The van der Waals surface area contributed by atoms with Crippen molar-refractivity contribution < 1.29 is 0 Å². The molecule has 0 spiro atoms. The lowest BCUT2D eigenvalue weighted by molar-refractivity contribution is 0.0649. The third-order valence-electron chi connectivity index (χ3n) is 7.06. The smallest absolute Gasteiger partial charge is 0.306 e. The first-order valence-corrected chi connectivity index (χ1v) is 11.1. The molecule has 2 aliphatic rings. The summed E-state index contributed by atoms with van der Waals surface area (Å²) in [6.45, 7) is 6.57. The number of likely N-dealkylation sites (tertiary alicyclic amines) is 2. The number of aromatic nitrogens is 4. The molecule has 3 aromatic rings. The van der Waals surface area contributed by atoms with Gasteiger partial charge in [-0.1, -0.05) is 12.1 Å². The number of benzene rings is 1. The standard InChI is InChI=1S/C23H30N6O/c1-17(21-16-24-10-11-25-21)27-12-6-18(7-13-27)28-14-8-19(9-15-28)29-22-5-3-2-4-20(22)26-23(29)30/h2-5,10-11,16-19H,6-9,12-15H2,1H3,(H,26,30). The van der Waals surface area contributed by atoms with Crippen LogP contribution >= 0.6 is 0 Å². The van der Waals surface area contributed by atoms with Crippen LogP contribution in [0.5, 0.6) is 0 Å². The number of fused-ring (bicyclic) bond motifs is 1. The van der Waals surface area contributed by atoms with Gasteiger partial charge in [-0.15, -0.1) is 0 Å². The van der Waals surface area contributed by atoms with Crippen molar-refractivity contribution in [3.05, 3.63) is 59.0 Å². The van der Waals surface area contributed by atoms with Gasteiger partial charge in [0.15, 0.2) is 0 Å². The Hall–Kier alpha value is -2.51. The molecule has 5 rings (SSSR count). The lowest BCUT2D eigenvalue weighted by atomic mass is 9.96. The average molecular weight is 407 g/mol. The minimum absolute atomic E-state index is 0.0287. The van der Waals surface area contributed by atoms with Crippen molar-refractivity contribution in [1.82, 2.24) is 29.3 Å². The first-order valence-electron chi connectivity index (χ1n) is 11.1. The predicted octanol–water partition coefficient (Wildman–Crippen LogP) is 2.98. The van der Waals surface area contributed by atoms with Crippen LogP contribution in [0.3, 0.4) is 0 Å². The Kier molecular flexibility index (Phi) is 5.39. The number of nitrogens with one attached hydrogen (secondary N) is 1. The number of nitrogens with zero attached hydrogens (tertiary/aromatic N) is 5. The number of H-pyrrole nitrogens is 1. The Morgan fingerprint density at radius 3 is 2.47 bits per heavy atom. The predicted molar refractivity (Wildman–Crippen MR) is 117 cm³/mol. The highest BCUT2D eigenvalue weighted by Crippen LogP contribution is 2.30.